The maximum atomic E-state index is 11.5. The fourth-order valence-electron chi connectivity index (χ4n) is 1.23. The number of cyclic esters (lactones) is 1. The third kappa shape index (κ3) is 1.72. The van der Waals surface area contributed by atoms with Crippen molar-refractivity contribution in [1.82, 2.24) is 0 Å². The smallest absolute Gasteiger partial charge is 0.379 e. The number of carbonyl (C=O) groups is 2. The molecule has 1 aliphatic heterocycles. The predicted molar refractivity (Wildman–Crippen MR) is 46.3 cm³/mol. The molecule has 0 amide bonds. The van der Waals surface area contributed by atoms with Gasteiger partial charge in [-0.15, -0.1) is 0 Å². The van der Waals surface area contributed by atoms with Gasteiger partial charge in [0.1, 0.15) is 0 Å². The minimum absolute atomic E-state index is 0.232. The molecule has 5 nitrogen and oxygen atoms in total. The fourth-order valence-corrected chi connectivity index (χ4v) is 1.23. The largest absolute Gasteiger partial charge is 0.461 e. The monoisotopic (exact) mass is 202 g/mol. The summed E-state index contributed by atoms with van der Waals surface area (Å²) in [5, 5.41) is 0. The molecule has 80 valence electrons. The van der Waals surface area contributed by atoms with E-state index < -0.39 is 23.8 Å². The molecular formula is C9H14O5. The molecule has 0 aromatic rings. The molecule has 0 saturated carbocycles. The number of carbonyl (C=O) groups excluding carboxylic acids is 2. The minimum atomic E-state index is -1.52. The van der Waals surface area contributed by atoms with E-state index in [1.165, 1.54) is 0 Å². The molecule has 0 N–H and O–H groups in total. The summed E-state index contributed by atoms with van der Waals surface area (Å²) >= 11 is 0. The first-order valence-electron chi connectivity index (χ1n) is 4.63. The Morgan fingerprint density at radius 3 is 2.57 bits per heavy atom. The van der Waals surface area contributed by atoms with Crippen LogP contribution in [0.5, 0.6) is 0 Å². The Kier molecular flexibility index (Phi) is 3.10. The zero-order valence-corrected chi connectivity index (χ0v) is 8.53. The third-order valence-corrected chi connectivity index (χ3v) is 2.02. The van der Waals surface area contributed by atoms with Crippen molar-refractivity contribution in [3.8, 4) is 0 Å². The van der Waals surface area contributed by atoms with E-state index in [2.05, 4.69) is 0 Å². The molecule has 5 heteroatoms. The molecule has 0 aromatic carbocycles. The minimum Gasteiger partial charge on any atom is -0.461 e. The van der Waals surface area contributed by atoms with Crippen LogP contribution in [0.3, 0.4) is 0 Å². The molecule has 0 aromatic heterocycles. The van der Waals surface area contributed by atoms with E-state index in [-0.39, 0.29) is 13.0 Å². The summed E-state index contributed by atoms with van der Waals surface area (Å²) in [6.07, 6.45) is -0.457. The van der Waals surface area contributed by atoms with Crippen LogP contribution in [0.25, 0.3) is 0 Å². The highest BCUT2D eigenvalue weighted by Gasteiger charge is 2.52. The van der Waals surface area contributed by atoms with Crippen LogP contribution in [0.1, 0.15) is 27.2 Å². The Bertz CT molecular complexity index is 250. The summed E-state index contributed by atoms with van der Waals surface area (Å²) in [7, 11) is 0. The second-order valence-corrected chi connectivity index (χ2v) is 3.01. The molecule has 1 aliphatic rings. The Morgan fingerprint density at radius 1 is 1.57 bits per heavy atom. The molecule has 1 rings (SSSR count). The number of hydrogen-bond acceptors (Lipinski definition) is 5. The van der Waals surface area contributed by atoms with Gasteiger partial charge in [0.05, 0.1) is 6.61 Å². The average molecular weight is 202 g/mol. The van der Waals surface area contributed by atoms with E-state index in [0.29, 0.717) is 0 Å². The zero-order chi connectivity index (χ0) is 10.8. The lowest BCUT2D eigenvalue weighted by Crippen LogP contribution is -2.41. The Balaban J connectivity index is 2.78. The highest BCUT2D eigenvalue weighted by Crippen LogP contribution is 2.29. The van der Waals surface area contributed by atoms with Crippen molar-refractivity contribution in [2.24, 2.45) is 0 Å². The molecule has 0 aliphatic carbocycles. The first-order chi connectivity index (χ1) is 6.55. The van der Waals surface area contributed by atoms with E-state index in [0.717, 1.165) is 0 Å². The van der Waals surface area contributed by atoms with Crippen molar-refractivity contribution in [3.05, 3.63) is 0 Å². The number of hydrogen-bond donors (Lipinski definition) is 0. The highest BCUT2D eigenvalue weighted by molar-refractivity contribution is 5.86. The second kappa shape index (κ2) is 3.96. The summed E-state index contributed by atoms with van der Waals surface area (Å²) < 4.78 is 14.8. The van der Waals surface area contributed by atoms with Crippen molar-refractivity contribution >= 4 is 11.9 Å². The van der Waals surface area contributed by atoms with Gasteiger partial charge in [-0.05, 0) is 13.8 Å². The van der Waals surface area contributed by atoms with Gasteiger partial charge in [0, 0.05) is 6.42 Å². The van der Waals surface area contributed by atoms with Gasteiger partial charge in [0.2, 0.25) is 0 Å². The topological polar surface area (TPSA) is 61.8 Å². The molecule has 14 heavy (non-hydrogen) atoms. The quantitative estimate of drug-likeness (QED) is 0.628. The molecule has 1 fully saturated rings. The molecule has 0 radical (unpaired) electrons. The van der Waals surface area contributed by atoms with Crippen LogP contribution >= 0.6 is 0 Å². The fraction of sp³-hybridized carbons (Fsp3) is 0.778. The lowest BCUT2D eigenvalue weighted by Gasteiger charge is -2.22. The molecule has 1 saturated heterocycles. The number of ether oxygens (including phenoxy) is 3. The zero-order valence-electron chi connectivity index (χ0n) is 8.53. The van der Waals surface area contributed by atoms with E-state index in [4.69, 9.17) is 14.2 Å². The van der Waals surface area contributed by atoms with Crippen molar-refractivity contribution in [1.29, 1.82) is 0 Å². The van der Waals surface area contributed by atoms with Gasteiger partial charge in [0.15, 0.2) is 6.10 Å². The second-order valence-electron chi connectivity index (χ2n) is 3.01. The molecule has 2 atom stereocenters. The first-order valence-corrected chi connectivity index (χ1v) is 4.63. The molecule has 2 unspecified atom stereocenters. The van der Waals surface area contributed by atoms with Gasteiger partial charge < -0.3 is 14.2 Å². The molecule has 0 bridgehead atoms. The molecule has 1 heterocycles. The van der Waals surface area contributed by atoms with Crippen LogP contribution in [-0.4, -0.2) is 30.4 Å². The van der Waals surface area contributed by atoms with Gasteiger partial charge in [-0.1, -0.05) is 6.92 Å². The average Bonchev–Trinajstić information content (AvgIpc) is 2.44. The van der Waals surface area contributed by atoms with Crippen LogP contribution in [0.15, 0.2) is 0 Å². The maximum absolute atomic E-state index is 11.5. The van der Waals surface area contributed by atoms with Crippen molar-refractivity contribution in [2.45, 2.75) is 39.1 Å². The number of esters is 2. The summed E-state index contributed by atoms with van der Waals surface area (Å²) in [5.74, 6) is -2.69. The Labute approximate surface area is 82.3 Å². The predicted octanol–water partition coefficient (Wildman–Crippen LogP) is 0.618. The summed E-state index contributed by atoms with van der Waals surface area (Å²) in [6, 6.07) is 0. The lowest BCUT2D eigenvalue weighted by molar-refractivity contribution is -0.212. The van der Waals surface area contributed by atoms with Gasteiger partial charge in [-0.2, -0.15) is 0 Å². The summed E-state index contributed by atoms with van der Waals surface area (Å²) in [4.78, 5) is 22.6. The van der Waals surface area contributed by atoms with Gasteiger partial charge >= 0.3 is 17.7 Å². The van der Waals surface area contributed by atoms with Gasteiger partial charge in [0.25, 0.3) is 0 Å². The van der Waals surface area contributed by atoms with Crippen LogP contribution in [0.2, 0.25) is 0 Å². The highest BCUT2D eigenvalue weighted by atomic mass is 16.8. The van der Waals surface area contributed by atoms with E-state index >= 15 is 0 Å². The summed E-state index contributed by atoms with van der Waals surface area (Å²) in [6.45, 7) is 5.15. The Hall–Kier alpha value is -1.10. The van der Waals surface area contributed by atoms with Crippen LogP contribution in [0.4, 0.5) is 0 Å². The van der Waals surface area contributed by atoms with Crippen LogP contribution < -0.4 is 0 Å². The third-order valence-electron chi connectivity index (χ3n) is 2.02. The Morgan fingerprint density at radius 2 is 2.21 bits per heavy atom. The van der Waals surface area contributed by atoms with E-state index in [1.54, 1.807) is 20.8 Å². The van der Waals surface area contributed by atoms with Crippen LogP contribution in [-0.2, 0) is 23.8 Å². The summed E-state index contributed by atoms with van der Waals surface area (Å²) in [5.41, 5.74) is 0. The lowest BCUT2D eigenvalue weighted by atomic mass is 10.2. The normalized spacial score (nSPS) is 31.4. The van der Waals surface area contributed by atoms with Crippen molar-refractivity contribution in [3.63, 3.8) is 0 Å². The maximum Gasteiger partial charge on any atom is 0.379 e. The first kappa shape index (κ1) is 11.0. The standard InChI is InChI=1S/C9H14O5/c1-4-9(8(11)12-5-2)13-6(3)7(10)14-9/h6H,4-5H2,1-3H3. The van der Waals surface area contributed by atoms with Crippen molar-refractivity contribution in [2.75, 3.05) is 6.61 Å². The van der Waals surface area contributed by atoms with Crippen molar-refractivity contribution < 1.29 is 23.8 Å². The van der Waals surface area contributed by atoms with E-state index in [1.807, 2.05) is 0 Å². The molecule has 0 spiro atoms. The van der Waals surface area contributed by atoms with Gasteiger partial charge in [-0.3, -0.25) is 0 Å². The SMILES string of the molecule is CCOC(=O)C1(CC)OC(=O)C(C)O1. The van der Waals surface area contributed by atoms with E-state index in [9.17, 15) is 9.59 Å². The van der Waals surface area contributed by atoms with Gasteiger partial charge in [-0.25, -0.2) is 9.59 Å². The van der Waals surface area contributed by atoms with Crippen LogP contribution in [0, 0.1) is 0 Å². The molecular weight excluding hydrogens is 188 g/mol. The number of rotatable bonds is 3.